The number of rotatable bonds is 10. The van der Waals surface area contributed by atoms with Crippen LogP contribution in [0.4, 0.5) is 10.5 Å². The molecule has 1 aromatic heterocycles. The first-order valence-corrected chi connectivity index (χ1v) is 13.6. The Morgan fingerprint density at radius 3 is 2.51 bits per heavy atom. The number of halogens is 1. The van der Waals surface area contributed by atoms with E-state index in [0.717, 1.165) is 23.1 Å². The van der Waals surface area contributed by atoms with Gasteiger partial charge >= 0.3 is 6.03 Å². The van der Waals surface area contributed by atoms with Crippen molar-refractivity contribution in [3.05, 3.63) is 76.7 Å². The van der Waals surface area contributed by atoms with Crippen LogP contribution >= 0.6 is 15.9 Å². The molecule has 0 aliphatic carbocycles. The highest BCUT2D eigenvalue weighted by Crippen LogP contribution is 2.33. The summed E-state index contributed by atoms with van der Waals surface area (Å²) < 4.78 is 22.8. The molecule has 5 rings (SSSR count). The van der Waals surface area contributed by atoms with Crippen LogP contribution in [0.25, 0.3) is 0 Å². The van der Waals surface area contributed by atoms with Gasteiger partial charge in [0.25, 0.3) is 0 Å². The number of furan rings is 1. The summed E-state index contributed by atoms with van der Waals surface area (Å²) in [6, 6.07) is 16.3. The first-order chi connectivity index (χ1) is 19.0. The van der Waals surface area contributed by atoms with Crippen molar-refractivity contribution < 1.29 is 28.2 Å². The first kappa shape index (κ1) is 27.0. The number of urea groups is 1. The summed E-state index contributed by atoms with van der Waals surface area (Å²) in [7, 11) is 0. The van der Waals surface area contributed by atoms with Gasteiger partial charge in [0.2, 0.25) is 12.7 Å². The Labute approximate surface area is 235 Å². The Balaban J connectivity index is 1.31. The maximum Gasteiger partial charge on any atom is 0.322 e. The van der Waals surface area contributed by atoms with Crippen LogP contribution in [0.2, 0.25) is 0 Å². The number of nitrogens with zero attached hydrogens (tertiary/aromatic N) is 3. The van der Waals surface area contributed by atoms with E-state index in [-0.39, 0.29) is 31.8 Å². The molecule has 11 heteroatoms. The van der Waals surface area contributed by atoms with Crippen LogP contribution < -0.4 is 14.8 Å². The molecule has 1 fully saturated rings. The molecule has 0 saturated carbocycles. The van der Waals surface area contributed by atoms with Crippen molar-refractivity contribution in [1.82, 2.24) is 14.7 Å². The third-order valence-electron chi connectivity index (χ3n) is 6.59. The SMILES string of the molecule is O=C(CN(CCN1CCOCC1)C(=O)Nc1ccc(Br)cc1)N(Cc1ccc2c(c1)OCO2)Cc1ccco1. The molecule has 3 heterocycles. The molecule has 2 aliphatic heterocycles. The lowest BCUT2D eigenvalue weighted by Gasteiger charge is -2.31. The van der Waals surface area contributed by atoms with Gasteiger partial charge in [-0.05, 0) is 54.1 Å². The van der Waals surface area contributed by atoms with Gasteiger partial charge in [0.05, 0.1) is 26.0 Å². The average molecular weight is 599 g/mol. The second kappa shape index (κ2) is 13.0. The quantitative estimate of drug-likeness (QED) is 0.374. The van der Waals surface area contributed by atoms with Crippen LogP contribution in [0.1, 0.15) is 11.3 Å². The summed E-state index contributed by atoms with van der Waals surface area (Å²) in [6.07, 6.45) is 1.58. The van der Waals surface area contributed by atoms with Gasteiger partial charge in [-0.25, -0.2) is 4.79 Å². The number of morpholine rings is 1. The predicted molar refractivity (Wildman–Crippen MR) is 148 cm³/mol. The second-order valence-corrected chi connectivity index (χ2v) is 10.2. The Morgan fingerprint density at radius 2 is 1.74 bits per heavy atom. The van der Waals surface area contributed by atoms with E-state index in [9.17, 15) is 9.59 Å². The minimum atomic E-state index is -0.333. The number of benzene rings is 2. The zero-order chi connectivity index (χ0) is 27.0. The summed E-state index contributed by atoms with van der Waals surface area (Å²) in [5.41, 5.74) is 1.54. The Morgan fingerprint density at radius 1 is 0.949 bits per heavy atom. The lowest BCUT2D eigenvalue weighted by Crippen LogP contribution is -2.48. The minimum Gasteiger partial charge on any atom is -0.467 e. The maximum absolute atomic E-state index is 13.7. The fourth-order valence-corrected chi connectivity index (χ4v) is 4.69. The van der Waals surface area contributed by atoms with Gasteiger partial charge in [-0.2, -0.15) is 0 Å². The lowest BCUT2D eigenvalue weighted by molar-refractivity contribution is -0.133. The monoisotopic (exact) mass is 598 g/mol. The molecule has 2 aliphatic rings. The van der Waals surface area contributed by atoms with E-state index in [1.165, 1.54) is 0 Å². The van der Waals surface area contributed by atoms with Crippen LogP contribution in [0.15, 0.2) is 69.8 Å². The van der Waals surface area contributed by atoms with Gasteiger partial charge in [-0.3, -0.25) is 9.69 Å². The molecule has 0 bridgehead atoms. The Kier molecular flexibility index (Phi) is 9.02. The molecular formula is C28H31BrN4O6. The number of hydrogen-bond donors (Lipinski definition) is 1. The van der Waals surface area contributed by atoms with E-state index in [1.54, 1.807) is 22.1 Å². The number of hydrogen-bond acceptors (Lipinski definition) is 7. The number of carbonyl (C=O) groups excluding carboxylic acids is 2. The summed E-state index contributed by atoms with van der Waals surface area (Å²) in [5, 5.41) is 2.93. The number of carbonyl (C=O) groups is 2. The summed E-state index contributed by atoms with van der Waals surface area (Å²) >= 11 is 3.41. The summed E-state index contributed by atoms with van der Waals surface area (Å²) in [4.78, 5) is 32.6. The summed E-state index contributed by atoms with van der Waals surface area (Å²) in [6.45, 7) is 4.64. The Hall–Kier alpha value is -3.54. The number of anilines is 1. The second-order valence-electron chi connectivity index (χ2n) is 9.33. The van der Waals surface area contributed by atoms with E-state index in [4.69, 9.17) is 18.6 Å². The molecule has 1 saturated heterocycles. The normalized spacial score (nSPS) is 14.7. The third-order valence-corrected chi connectivity index (χ3v) is 7.12. The molecule has 3 amide bonds. The third kappa shape index (κ3) is 7.53. The number of ether oxygens (including phenoxy) is 3. The molecule has 2 aromatic carbocycles. The molecule has 0 atom stereocenters. The first-order valence-electron chi connectivity index (χ1n) is 12.8. The van der Waals surface area contributed by atoms with Crippen LogP contribution in [0.3, 0.4) is 0 Å². The van der Waals surface area contributed by atoms with Gasteiger partial charge in [0.15, 0.2) is 11.5 Å². The molecule has 39 heavy (non-hydrogen) atoms. The fraction of sp³-hybridized carbons (Fsp3) is 0.357. The Bertz CT molecular complexity index is 1250. The smallest absolute Gasteiger partial charge is 0.322 e. The van der Waals surface area contributed by atoms with Gasteiger partial charge in [0.1, 0.15) is 12.3 Å². The largest absolute Gasteiger partial charge is 0.467 e. The minimum absolute atomic E-state index is 0.0854. The molecule has 3 aromatic rings. The molecule has 10 nitrogen and oxygen atoms in total. The highest BCUT2D eigenvalue weighted by Gasteiger charge is 2.24. The predicted octanol–water partition coefficient (Wildman–Crippen LogP) is 4.17. The average Bonchev–Trinajstić information content (AvgIpc) is 3.64. The fourth-order valence-electron chi connectivity index (χ4n) is 4.42. The van der Waals surface area contributed by atoms with Crippen LogP contribution in [0, 0.1) is 0 Å². The number of nitrogens with one attached hydrogen (secondary N) is 1. The van der Waals surface area contributed by atoms with Crippen molar-refractivity contribution in [3.63, 3.8) is 0 Å². The van der Waals surface area contributed by atoms with Crippen molar-refractivity contribution in [2.75, 3.05) is 58.0 Å². The van der Waals surface area contributed by atoms with E-state index in [0.29, 0.717) is 55.8 Å². The van der Waals surface area contributed by atoms with E-state index < -0.39 is 0 Å². The molecule has 0 unspecified atom stereocenters. The van der Waals surface area contributed by atoms with Gasteiger partial charge < -0.3 is 33.7 Å². The molecule has 206 valence electrons. The molecular weight excluding hydrogens is 568 g/mol. The molecule has 0 spiro atoms. The van der Waals surface area contributed by atoms with E-state index in [2.05, 4.69) is 26.1 Å². The van der Waals surface area contributed by atoms with Crippen molar-refractivity contribution in [2.45, 2.75) is 13.1 Å². The lowest BCUT2D eigenvalue weighted by atomic mass is 10.2. The molecule has 1 N–H and O–H groups in total. The number of amides is 3. The zero-order valence-corrected chi connectivity index (χ0v) is 23.1. The van der Waals surface area contributed by atoms with Crippen molar-refractivity contribution in [1.29, 1.82) is 0 Å². The van der Waals surface area contributed by atoms with Gasteiger partial charge in [0, 0.05) is 42.9 Å². The van der Waals surface area contributed by atoms with Gasteiger partial charge in [-0.1, -0.05) is 22.0 Å². The highest BCUT2D eigenvalue weighted by atomic mass is 79.9. The number of fused-ring (bicyclic) bond motifs is 1. The van der Waals surface area contributed by atoms with Crippen molar-refractivity contribution in [2.24, 2.45) is 0 Å². The van der Waals surface area contributed by atoms with Gasteiger partial charge in [-0.15, -0.1) is 0 Å². The maximum atomic E-state index is 13.7. The topological polar surface area (TPSA) is 96.7 Å². The standard InChI is InChI=1S/C28H31BrN4O6/c29-22-4-6-23(7-5-22)30-28(35)32(10-9-31-11-14-36-15-12-31)19-27(34)33(18-24-2-1-13-37-24)17-21-3-8-25-26(16-21)39-20-38-25/h1-8,13,16H,9-12,14-15,17-20H2,(H,30,35). The van der Waals surface area contributed by atoms with E-state index >= 15 is 0 Å². The highest BCUT2D eigenvalue weighted by molar-refractivity contribution is 9.10. The molecule has 0 radical (unpaired) electrons. The van der Waals surface area contributed by atoms with E-state index in [1.807, 2.05) is 48.5 Å². The van der Waals surface area contributed by atoms with Crippen LogP contribution in [-0.2, 0) is 22.6 Å². The van der Waals surface area contributed by atoms with Crippen LogP contribution in [-0.4, -0.2) is 79.4 Å². The zero-order valence-electron chi connectivity index (χ0n) is 21.5. The van der Waals surface area contributed by atoms with Crippen molar-refractivity contribution in [3.8, 4) is 11.5 Å². The summed E-state index contributed by atoms with van der Waals surface area (Å²) in [5.74, 6) is 1.79. The van der Waals surface area contributed by atoms with Crippen LogP contribution in [0.5, 0.6) is 11.5 Å². The van der Waals surface area contributed by atoms with Crippen molar-refractivity contribution >= 4 is 33.6 Å².